The molecule has 0 nitrogen and oxygen atoms in total. The van der Waals surface area contributed by atoms with Gasteiger partial charge in [-0.15, -0.1) is 0 Å². The largest absolute Gasteiger partial charge is 1.00 e. The Morgan fingerprint density at radius 3 is 1.24 bits per heavy atom. The van der Waals surface area contributed by atoms with Gasteiger partial charge in [0.25, 0.3) is 0 Å². The number of allylic oxidation sites excluding steroid dienone is 8. The minimum atomic E-state index is -0.733. The summed E-state index contributed by atoms with van der Waals surface area (Å²) in [7, 11) is 0. The molecule has 17 heavy (non-hydrogen) atoms. The third-order valence-electron chi connectivity index (χ3n) is 4.50. The normalized spacial score (nSPS) is 21.1. The van der Waals surface area contributed by atoms with Gasteiger partial charge in [0.05, 0.1) is 0 Å². The molecule has 2 aliphatic rings. The van der Waals surface area contributed by atoms with E-state index in [-0.39, 0.29) is 2.85 Å². The van der Waals surface area contributed by atoms with Gasteiger partial charge in [-0.2, -0.15) is 0 Å². The van der Waals surface area contributed by atoms with Crippen LogP contribution in [0.1, 0.15) is 57.2 Å². The van der Waals surface area contributed by atoms with E-state index in [2.05, 4.69) is 41.5 Å². The van der Waals surface area contributed by atoms with Crippen molar-refractivity contribution < 1.29 is 25.8 Å². The molecule has 0 bridgehead atoms. The zero-order chi connectivity index (χ0) is 12.7. The van der Waals surface area contributed by atoms with Gasteiger partial charge in [-0.05, 0) is 0 Å². The van der Waals surface area contributed by atoms with Crippen LogP contribution in [0.4, 0.5) is 0 Å². The Bertz CT molecular complexity index is 459. The van der Waals surface area contributed by atoms with Crippen LogP contribution in [-0.2, 0) is 22.9 Å². The van der Waals surface area contributed by atoms with Crippen LogP contribution >= 0.6 is 0 Å². The third-order valence-corrected chi connectivity index (χ3v) is 10.6. The van der Waals surface area contributed by atoms with E-state index >= 15 is 0 Å². The molecule has 0 atom stereocenters. The Balaban J connectivity index is 0.00000162. The summed E-state index contributed by atoms with van der Waals surface area (Å²) < 4.78 is 3.69. The van der Waals surface area contributed by atoms with E-state index in [1.807, 2.05) is 6.66 Å². The van der Waals surface area contributed by atoms with E-state index in [1.54, 1.807) is 33.4 Å². The van der Waals surface area contributed by atoms with Crippen molar-refractivity contribution in [3.8, 4) is 0 Å². The molecule has 0 fully saturated rings. The van der Waals surface area contributed by atoms with Crippen LogP contribution < -0.4 is 0 Å². The molecule has 0 spiro atoms. The Morgan fingerprint density at radius 2 is 1.00 bits per heavy atom. The smallest absolute Gasteiger partial charge is 1.00 e. The first-order valence-electron chi connectivity index (χ1n) is 6.41. The first-order chi connectivity index (χ1) is 7.91. The fraction of sp³-hybridized carbons (Fsp3) is 0.500. The van der Waals surface area contributed by atoms with Gasteiger partial charge in [0, 0.05) is 0 Å². The minimum absolute atomic E-state index is 0. The van der Waals surface area contributed by atoms with Crippen molar-refractivity contribution in [1.29, 1.82) is 0 Å². The van der Waals surface area contributed by atoms with Gasteiger partial charge in [0.1, 0.15) is 0 Å². The zero-order valence-electron chi connectivity index (χ0n) is 13.9. The Kier molecular flexibility index (Phi) is 3.77. The third kappa shape index (κ3) is 2.36. The van der Waals surface area contributed by atoms with Crippen LogP contribution in [0, 0.1) is 0 Å². The van der Waals surface area contributed by atoms with E-state index in [9.17, 15) is 0 Å². The SMILES string of the molecule is CC1=C(C)C(C)=[C]([Hf+2][C]2=C(C)C(C)=C(C)C2)C1.[H-].[H-]. The summed E-state index contributed by atoms with van der Waals surface area (Å²) in [6.07, 6.45) is 2.57. The molecule has 92 valence electrons. The van der Waals surface area contributed by atoms with E-state index in [0.717, 1.165) is 0 Å². The van der Waals surface area contributed by atoms with Gasteiger partial charge in [-0.1, -0.05) is 0 Å². The zero-order valence-corrected chi connectivity index (χ0v) is 15.5. The average Bonchev–Trinajstić information content (AvgIpc) is 2.66. The fourth-order valence-electron chi connectivity index (χ4n) is 2.61. The molecule has 0 saturated carbocycles. The summed E-state index contributed by atoms with van der Waals surface area (Å²) in [6.45, 7) is 13.9. The van der Waals surface area contributed by atoms with Crippen LogP contribution in [0.5, 0.6) is 0 Å². The summed E-state index contributed by atoms with van der Waals surface area (Å²) in [5.41, 5.74) is 9.64. The van der Waals surface area contributed by atoms with E-state index in [1.165, 1.54) is 12.8 Å². The monoisotopic (exact) mass is 396 g/mol. The molecular weight excluding hydrogens is 371 g/mol. The Hall–Kier alpha value is -0.170. The standard InChI is InChI=1S/2C8H11.Hf.2H/c2*1-6-4-5-7(2)8(6)3;;;/h2*4H2,1-3H3;;;/q;;+2;2*-1. The van der Waals surface area contributed by atoms with Crippen LogP contribution in [0.3, 0.4) is 0 Å². The van der Waals surface area contributed by atoms with Gasteiger partial charge in [-0.25, -0.2) is 0 Å². The molecule has 0 aliphatic heterocycles. The summed E-state index contributed by atoms with van der Waals surface area (Å²) in [4.78, 5) is 0. The Labute approximate surface area is 120 Å². The summed E-state index contributed by atoms with van der Waals surface area (Å²) >= 11 is -0.733. The van der Waals surface area contributed by atoms with Crippen molar-refractivity contribution in [1.82, 2.24) is 0 Å². The van der Waals surface area contributed by atoms with Crippen LogP contribution in [0.15, 0.2) is 40.1 Å². The predicted octanol–water partition coefficient (Wildman–Crippen LogP) is 5.32. The maximum Gasteiger partial charge on any atom is -1.00 e. The molecule has 0 heterocycles. The average molecular weight is 395 g/mol. The van der Waals surface area contributed by atoms with Gasteiger partial charge >= 0.3 is 117 Å². The number of rotatable bonds is 2. The minimum Gasteiger partial charge on any atom is -1.00 e. The summed E-state index contributed by atoms with van der Waals surface area (Å²) in [5, 5.41) is 0. The van der Waals surface area contributed by atoms with E-state index in [0.29, 0.717) is 0 Å². The number of hydrogen-bond acceptors (Lipinski definition) is 0. The van der Waals surface area contributed by atoms with E-state index < -0.39 is 22.9 Å². The van der Waals surface area contributed by atoms with Crippen LogP contribution in [-0.4, -0.2) is 0 Å². The van der Waals surface area contributed by atoms with Crippen molar-refractivity contribution in [3.63, 3.8) is 0 Å². The van der Waals surface area contributed by atoms with Crippen molar-refractivity contribution in [2.75, 3.05) is 0 Å². The molecule has 2 rings (SSSR count). The molecule has 0 aromatic carbocycles. The van der Waals surface area contributed by atoms with Crippen molar-refractivity contribution in [2.24, 2.45) is 0 Å². The summed E-state index contributed by atoms with van der Waals surface area (Å²) in [6, 6.07) is 0. The second-order valence-electron chi connectivity index (χ2n) is 5.50. The first kappa shape index (κ1) is 13.3. The summed E-state index contributed by atoms with van der Waals surface area (Å²) in [5.74, 6) is 0. The molecule has 0 radical (unpaired) electrons. The number of hydrogen-bond donors (Lipinski definition) is 0. The van der Waals surface area contributed by atoms with Gasteiger partial charge in [-0.3, -0.25) is 0 Å². The van der Waals surface area contributed by atoms with Crippen molar-refractivity contribution >= 4 is 0 Å². The van der Waals surface area contributed by atoms with Gasteiger partial charge in [0.15, 0.2) is 0 Å². The molecule has 1 heteroatoms. The topological polar surface area (TPSA) is 0 Å². The van der Waals surface area contributed by atoms with Crippen molar-refractivity contribution in [2.45, 2.75) is 54.4 Å². The molecule has 0 aromatic rings. The molecule has 0 N–H and O–H groups in total. The Morgan fingerprint density at radius 1 is 0.647 bits per heavy atom. The maximum absolute atomic E-state index is 2.34. The van der Waals surface area contributed by atoms with Gasteiger partial charge < -0.3 is 2.85 Å². The molecule has 2 aliphatic carbocycles. The second kappa shape index (κ2) is 4.84. The molecule has 0 unspecified atom stereocenters. The predicted molar refractivity (Wildman–Crippen MR) is 73.6 cm³/mol. The van der Waals surface area contributed by atoms with Crippen LogP contribution in [0.25, 0.3) is 0 Å². The van der Waals surface area contributed by atoms with Crippen LogP contribution in [0.2, 0.25) is 0 Å². The molecule has 0 saturated heterocycles. The maximum atomic E-state index is 2.34. The fourth-order valence-corrected chi connectivity index (χ4v) is 9.16. The molecule has 0 amide bonds. The molecular formula is C16H24Hf. The van der Waals surface area contributed by atoms with Crippen molar-refractivity contribution in [3.05, 3.63) is 40.1 Å². The van der Waals surface area contributed by atoms with E-state index in [4.69, 9.17) is 0 Å². The van der Waals surface area contributed by atoms with Gasteiger partial charge in [0.2, 0.25) is 0 Å². The second-order valence-corrected chi connectivity index (χ2v) is 10.7. The first-order valence-corrected chi connectivity index (χ1v) is 10.0. The quantitative estimate of drug-likeness (QED) is 0.556. The molecule has 0 aromatic heterocycles.